The number of carbonyl (C=O) groups is 1. The van der Waals surface area contributed by atoms with Gasteiger partial charge in [-0.05, 0) is 36.8 Å². The summed E-state index contributed by atoms with van der Waals surface area (Å²) in [5.41, 5.74) is 1.21. The highest BCUT2D eigenvalue weighted by Gasteiger charge is 2.25. The molecule has 1 atom stereocenters. The molecular formula is C17H18FN3O4S. The van der Waals surface area contributed by atoms with Crippen LogP contribution in [0.5, 0.6) is 5.75 Å². The smallest absolute Gasteiger partial charge is 0.322 e. The molecule has 0 aliphatic carbocycles. The Morgan fingerprint density at radius 1 is 1.27 bits per heavy atom. The third-order valence-electron chi connectivity index (χ3n) is 4.08. The molecule has 1 aliphatic heterocycles. The topological polar surface area (TPSA) is 102 Å². The van der Waals surface area contributed by atoms with Crippen molar-refractivity contribution >= 4 is 21.7 Å². The lowest BCUT2D eigenvalue weighted by molar-refractivity contribution is 0.237. The highest BCUT2D eigenvalue weighted by molar-refractivity contribution is 7.89. The Kier molecular flexibility index (Phi) is 4.84. The summed E-state index contributed by atoms with van der Waals surface area (Å²) >= 11 is 0. The molecule has 7 nitrogen and oxygen atoms in total. The average molecular weight is 379 g/mol. The van der Waals surface area contributed by atoms with Gasteiger partial charge in [0.1, 0.15) is 18.2 Å². The number of hydrogen-bond acceptors (Lipinski definition) is 4. The Balaban J connectivity index is 1.74. The number of nitrogens with two attached hydrogens (primary N) is 1. The summed E-state index contributed by atoms with van der Waals surface area (Å²) in [6.07, 6.45) is 0. The van der Waals surface area contributed by atoms with Gasteiger partial charge in [-0.2, -0.15) is 0 Å². The number of fused-ring (bicyclic) bond motifs is 1. The molecule has 2 aromatic carbocycles. The fourth-order valence-electron chi connectivity index (χ4n) is 2.70. The van der Waals surface area contributed by atoms with Crippen molar-refractivity contribution in [1.82, 2.24) is 5.32 Å². The lowest BCUT2D eigenvalue weighted by atomic mass is 10.1. The first kappa shape index (κ1) is 18.2. The van der Waals surface area contributed by atoms with Gasteiger partial charge in [-0.25, -0.2) is 22.7 Å². The third kappa shape index (κ3) is 3.78. The molecule has 1 aliphatic rings. The van der Waals surface area contributed by atoms with Gasteiger partial charge in [0, 0.05) is 6.07 Å². The van der Waals surface area contributed by atoms with Crippen molar-refractivity contribution in [3.63, 3.8) is 0 Å². The zero-order valence-corrected chi connectivity index (χ0v) is 14.8. The summed E-state index contributed by atoms with van der Waals surface area (Å²) in [6.45, 7) is 2.37. The third-order valence-corrected chi connectivity index (χ3v) is 5.01. The highest BCUT2D eigenvalue weighted by Crippen LogP contribution is 2.32. The number of anilines is 1. The minimum Gasteiger partial charge on any atom is -0.489 e. The summed E-state index contributed by atoms with van der Waals surface area (Å²) in [4.78, 5) is 14.1. The van der Waals surface area contributed by atoms with E-state index in [1.807, 2.05) is 0 Å². The summed E-state index contributed by atoms with van der Waals surface area (Å²) < 4.78 is 41.3. The first-order valence-electron chi connectivity index (χ1n) is 7.89. The minimum atomic E-state index is -3.76. The van der Waals surface area contributed by atoms with Crippen LogP contribution in [-0.2, 0) is 10.0 Å². The minimum absolute atomic E-state index is 0.00362. The van der Waals surface area contributed by atoms with E-state index in [1.165, 1.54) is 35.2 Å². The molecule has 0 radical (unpaired) electrons. The monoisotopic (exact) mass is 379 g/mol. The van der Waals surface area contributed by atoms with Crippen molar-refractivity contribution in [3.05, 3.63) is 53.8 Å². The van der Waals surface area contributed by atoms with Gasteiger partial charge in [-0.1, -0.05) is 12.1 Å². The van der Waals surface area contributed by atoms with Crippen LogP contribution in [-0.4, -0.2) is 27.6 Å². The predicted molar refractivity (Wildman–Crippen MR) is 94.0 cm³/mol. The molecular weight excluding hydrogens is 361 g/mol. The van der Waals surface area contributed by atoms with Crippen molar-refractivity contribution in [2.24, 2.45) is 5.14 Å². The summed E-state index contributed by atoms with van der Waals surface area (Å²) in [7, 11) is -3.76. The van der Waals surface area contributed by atoms with E-state index in [1.54, 1.807) is 19.1 Å². The lowest BCUT2D eigenvalue weighted by Crippen LogP contribution is -2.45. The van der Waals surface area contributed by atoms with E-state index in [9.17, 15) is 17.6 Å². The fraction of sp³-hybridized carbons (Fsp3) is 0.235. The molecule has 2 aromatic rings. The summed E-state index contributed by atoms with van der Waals surface area (Å²) in [6, 6.07) is 9.23. The molecule has 0 bridgehead atoms. The number of nitrogens with zero attached hydrogens (tertiary/aromatic N) is 1. The van der Waals surface area contributed by atoms with E-state index in [-0.39, 0.29) is 23.6 Å². The Morgan fingerprint density at radius 3 is 2.62 bits per heavy atom. The number of carbonyl (C=O) groups excluding carboxylic acids is 1. The van der Waals surface area contributed by atoms with E-state index in [4.69, 9.17) is 9.88 Å². The molecule has 3 rings (SSSR count). The molecule has 0 saturated carbocycles. The number of hydrogen-bond donors (Lipinski definition) is 2. The number of ether oxygens (including phenoxy) is 1. The zero-order chi connectivity index (χ0) is 18.9. The van der Waals surface area contributed by atoms with Crippen LogP contribution in [0.25, 0.3) is 0 Å². The van der Waals surface area contributed by atoms with Gasteiger partial charge in [0.25, 0.3) is 0 Å². The van der Waals surface area contributed by atoms with E-state index < -0.39 is 15.8 Å². The molecule has 0 saturated heterocycles. The number of primary sulfonamides is 1. The highest BCUT2D eigenvalue weighted by atomic mass is 32.2. The van der Waals surface area contributed by atoms with Crippen molar-refractivity contribution in [1.29, 1.82) is 0 Å². The molecule has 1 heterocycles. The summed E-state index contributed by atoms with van der Waals surface area (Å²) in [5, 5.41) is 7.91. The lowest BCUT2D eigenvalue weighted by Gasteiger charge is -2.30. The SMILES string of the molecule is C[C@@H](NC(=O)N1CCOc2cc(F)ccc21)c1ccc(S(N)(=O)=O)cc1. The first-order chi connectivity index (χ1) is 12.3. The molecule has 2 amide bonds. The van der Waals surface area contributed by atoms with E-state index in [0.717, 1.165) is 5.56 Å². The first-order valence-corrected chi connectivity index (χ1v) is 9.43. The standard InChI is InChI=1S/C17H18FN3O4S/c1-11(12-2-5-14(6-3-12)26(19,23)24)20-17(22)21-8-9-25-16-10-13(18)4-7-15(16)21/h2-7,10-11H,8-9H2,1H3,(H,20,22)(H2,19,23,24)/t11-/m1/s1. The molecule has 3 N–H and O–H groups in total. The van der Waals surface area contributed by atoms with E-state index in [0.29, 0.717) is 18.0 Å². The number of nitrogens with one attached hydrogen (secondary N) is 1. The second kappa shape index (κ2) is 6.93. The van der Waals surface area contributed by atoms with Gasteiger partial charge in [0.2, 0.25) is 10.0 Å². The number of benzene rings is 2. The van der Waals surface area contributed by atoms with Gasteiger partial charge < -0.3 is 10.1 Å². The van der Waals surface area contributed by atoms with Crippen LogP contribution in [0, 0.1) is 5.82 Å². The molecule has 9 heteroatoms. The van der Waals surface area contributed by atoms with Crippen LogP contribution >= 0.6 is 0 Å². The number of halogens is 1. The molecule has 0 fully saturated rings. The second-order valence-corrected chi connectivity index (χ2v) is 7.46. The maximum Gasteiger partial charge on any atom is 0.322 e. The average Bonchev–Trinajstić information content (AvgIpc) is 2.60. The second-order valence-electron chi connectivity index (χ2n) is 5.90. The number of amides is 2. The number of sulfonamides is 1. The van der Waals surface area contributed by atoms with E-state index in [2.05, 4.69) is 5.32 Å². The van der Waals surface area contributed by atoms with Crippen molar-refractivity contribution in [2.75, 3.05) is 18.1 Å². The molecule has 0 aromatic heterocycles. The van der Waals surface area contributed by atoms with E-state index >= 15 is 0 Å². The Hall–Kier alpha value is -2.65. The Labute approximate surface area is 150 Å². The maximum atomic E-state index is 13.3. The molecule has 0 unspecified atom stereocenters. The fourth-order valence-corrected chi connectivity index (χ4v) is 3.21. The quantitative estimate of drug-likeness (QED) is 0.853. The van der Waals surface area contributed by atoms with Crippen LogP contribution in [0.15, 0.2) is 47.4 Å². The largest absolute Gasteiger partial charge is 0.489 e. The Bertz CT molecular complexity index is 932. The van der Waals surface area contributed by atoms with Crippen LogP contribution < -0.4 is 20.1 Å². The van der Waals surface area contributed by atoms with Gasteiger partial charge in [0.15, 0.2) is 0 Å². The van der Waals surface area contributed by atoms with Crippen LogP contribution in [0.2, 0.25) is 0 Å². The van der Waals surface area contributed by atoms with Gasteiger partial charge >= 0.3 is 6.03 Å². The van der Waals surface area contributed by atoms with Crippen molar-refractivity contribution < 1.29 is 22.3 Å². The number of rotatable bonds is 3. The number of urea groups is 1. The van der Waals surface area contributed by atoms with Crippen LogP contribution in [0.1, 0.15) is 18.5 Å². The maximum absolute atomic E-state index is 13.3. The van der Waals surface area contributed by atoms with Gasteiger partial charge in [0.05, 0.1) is 23.2 Å². The molecule has 26 heavy (non-hydrogen) atoms. The van der Waals surface area contributed by atoms with Gasteiger partial charge in [-0.15, -0.1) is 0 Å². The molecule has 138 valence electrons. The van der Waals surface area contributed by atoms with Crippen molar-refractivity contribution in [2.45, 2.75) is 17.9 Å². The van der Waals surface area contributed by atoms with Crippen LogP contribution in [0.4, 0.5) is 14.9 Å². The predicted octanol–water partition coefficient (Wildman–Crippen LogP) is 2.14. The van der Waals surface area contributed by atoms with Crippen LogP contribution in [0.3, 0.4) is 0 Å². The normalized spacial score (nSPS) is 15.0. The van der Waals surface area contributed by atoms with Crippen molar-refractivity contribution in [3.8, 4) is 5.75 Å². The molecule has 0 spiro atoms. The Morgan fingerprint density at radius 2 is 1.96 bits per heavy atom. The summed E-state index contributed by atoms with van der Waals surface area (Å²) in [5.74, 6) is -0.120. The zero-order valence-electron chi connectivity index (χ0n) is 14.0. The van der Waals surface area contributed by atoms with Gasteiger partial charge in [-0.3, -0.25) is 4.90 Å².